The molecular formula is C25H17BrClNO4S. The third-order valence-electron chi connectivity index (χ3n) is 5.02. The molecule has 0 atom stereocenters. The van der Waals surface area contributed by atoms with Gasteiger partial charge in [0.1, 0.15) is 5.75 Å². The zero-order chi connectivity index (χ0) is 23.5. The van der Waals surface area contributed by atoms with Crippen LogP contribution in [-0.4, -0.2) is 22.0 Å². The summed E-state index contributed by atoms with van der Waals surface area (Å²) in [7, 11) is 0. The molecule has 1 aliphatic heterocycles. The van der Waals surface area contributed by atoms with Crippen LogP contribution in [0.4, 0.5) is 4.79 Å². The van der Waals surface area contributed by atoms with E-state index < -0.39 is 11.9 Å². The van der Waals surface area contributed by atoms with E-state index >= 15 is 0 Å². The van der Waals surface area contributed by atoms with Crippen LogP contribution in [0.15, 0.2) is 76.1 Å². The van der Waals surface area contributed by atoms with Gasteiger partial charge in [0, 0.05) is 10.0 Å². The Labute approximate surface area is 208 Å². The summed E-state index contributed by atoms with van der Waals surface area (Å²) in [4.78, 5) is 39.7. The number of benzene rings is 3. The predicted molar refractivity (Wildman–Crippen MR) is 133 cm³/mol. The molecule has 3 aromatic carbocycles. The zero-order valence-electron chi connectivity index (χ0n) is 17.4. The number of thioether (sulfide) groups is 1. The summed E-state index contributed by atoms with van der Waals surface area (Å²) in [5.74, 6) is -0.768. The molecule has 0 spiro atoms. The van der Waals surface area contributed by atoms with Crippen molar-refractivity contribution in [1.82, 2.24) is 4.90 Å². The van der Waals surface area contributed by atoms with Gasteiger partial charge in [-0.3, -0.25) is 14.5 Å². The lowest BCUT2D eigenvalue weighted by molar-refractivity contribution is -0.123. The van der Waals surface area contributed by atoms with Crippen molar-refractivity contribution in [3.8, 4) is 5.75 Å². The van der Waals surface area contributed by atoms with Gasteiger partial charge >= 0.3 is 5.97 Å². The number of amides is 2. The van der Waals surface area contributed by atoms with E-state index in [1.807, 2.05) is 31.2 Å². The van der Waals surface area contributed by atoms with Gasteiger partial charge in [-0.25, -0.2) is 4.79 Å². The lowest BCUT2D eigenvalue weighted by atomic mass is 10.1. The number of nitrogens with zero attached hydrogens (tertiary/aromatic N) is 1. The summed E-state index contributed by atoms with van der Waals surface area (Å²) in [5, 5.41) is -0.0717. The van der Waals surface area contributed by atoms with Crippen LogP contribution < -0.4 is 4.74 Å². The number of imide groups is 1. The van der Waals surface area contributed by atoms with E-state index in [1.165, 1.54) is 4.90 Å². The number of hydrogen-bond acceptors (Lipinski definition) is 5. The normalized spacial score (nSPS) is 14.8. The maximum Gasteiger partial charge on any atom is 0.345 e. The lowest BCUT2D eigenvalue weighted by Crippen LogP contribution is -2.27. The molecule has 166 valence electrons. The van der Waals surface area contributed by atoms with Gasteiger partial charge in [-0.1, -0.05) is 63.9 Å². The van der Waals surface area contributed by atoms with Crippen LogP contribution in [0, 0.1) is 6.92 Å². The average Bonchev–Trinajstić information content (AvgIpc) is 3.04. The zero-order valence-corrected chi connectivity index (χ0v) is 20.5. The van der Waals surface area contributed by atoms with Gasteiger partial charge < -0.3 is 4.74 Å². The van der Waals surface area contributed by atoms with Crippen molar-refractivity contribution in [3.63, 3.8) is 0 Å². The fraction of sp³-hybridized carbons (Fsp3) is 0.0800. The third kappa shape index (κ3) is 5.21. The smallest absolute Gasteiger partial charge is 0.345 e. The van der Waals surface area contributed by atoms with Crippen molar-refractivity contribution >= 4 is 62.5 Å². The fourth-order valence-corrected chi connectivity index (χ4v) is 4.66. The van der Waals surface area contributed by atoms with Crippen LogP contribution in [0.2, 0.25) is 5.02 Å². The van der Waals surface area contributed by atoms with Gasteiger partial charge in [-0.05, 0) is 66.2 Å². The van der Waals surface area contributed by atoms with Crippen molar-refractivity contribution in [2.45, 2.75) is 13.5 Å². The molecule has 1 saturated heterocycles. The number of esters is 1. The van der Waals surface area contributed by atoms with E-state index in [0.29, 0.717) is 5.56 Å². The number of halogens is 2. The highest BCUT2D eigenvalue weighted by Gasteiger charge is 2.35. The molecule has 0 unspecified atom stereocenters. The SMILES string of the molecule is Cc1ccccc1CN1C(=O)S/C(=C\c2cc(Br)ccc2OC(=O)c2ccccc2Cl)C1=O. The largest absolute Gasteiger partial charge is 0.422 e. The van der Waals surface area contributed by atoms with Crippen molar-refractivity contribution in [2.75, 3.05) is 0 Å². The summed E-state index contributed by atoms with van der Waals surface area (Å²) >= 11 is 10.4. The molecule has 2 amide bonds. The van der Waals surface area contributed by atoms with Gasteiger partial charge in [0.15, 0.2) is 0 Å². The van der Waals surface area contributed by atoms with E-state index in [-0.39, 0.29) is 33.0 Å². The minimum absolute atomic E-state index is 0.196. The number of carbonyl (C=O) groups excluding carboxylic acids is 3. The van der Waals surface area contributed by atoms with E-state index in [9.17, 15) is 14.4 Å². The Bertz CT molecular complexity index is 1310. The summed E-state index contributed by atoms with van der Waals surface area (Å²) in [6.07, 6.45) is 1.56. The summed E-state index contributed by atoms with van der Waals surface area (Å²) in [5.41, 5.74) is 2.61. The predicted octanol–water partition coefficient (Wildman–Crippen LogP) is 6.87. The molecular weight excluding hydrogens is 526 g/mol. The van der Waals surface area contributed by atoms with Crippen LogP contribution >= 0.6 is 39.3 Å². The summed E-state index contributed by atoms with van der Waals surface area (Å²) < 4.78 is 6.30. The van der Waals surface area contributed by atoms with Gasteiger partial charge in [-0.15, -0.1) is 0 Å². The number of rotatable bonds is 5. The minimum atomic E-state index is -0.620. The molecule has 1 heterocycles. The maximum absolute atomic E-state index is 13.0. The van der Waals surface area contributed by atoms with E-state index in [0.717, 1.165) is 27.4 Å². The standard InChI is InChI=1S/C25H17BrClNO4S/c1-15-6-2-3-7-16(15)14-28-23(29)22(33-25(28)31)13-17-12-18(26)10-11-21(17)32-24(30)19-8-4-5-9-20(19)27/h2-13H,14H2,1H3/b22-13-. The molecule has 4 rings (SSSR count). The van der Waals surface area contributed by atoms with Crippen molar-refractivity contribution in [3.05, 3.63) is 103 Å². The molecule has 3 aromatic rings. The first-order chi connectivity index (χ1) is 15.8. The molecule has 0 radical (unpaired) electrons. The van der Waals surface area contributed by atoms with Crippen molar-refractivity contribution in [1.29, 1.82) is 0 Å². The van der Waals surface area contributed by atoms with Crippen LogP contribution in [0.5, 0.6) is 5.75 Å². The molecule has 0 saturated carbocycles. The number of hydrogen-bond donors (Lipinski definition) is 0. The number of carbonyl (C=O) groups is 3. The Hall–Kier alpha value is -2.87. The summed E-state index contributed by atoms with van der Waals surface area (Å²) in [6, 6.07) is 19.2. The topological polar surface area (TPSA) is 63.7 Å². The molecule has 0 aromatic heterocycles. The maximum atomic E-state index is 13.0. The highest BCUT2D eigenvalue weighted by Crippen LogP contribution is 2.36. The lowest BCUT2D eigenvalue weighted by Gasteiger charge is -2.14. The first kappa shape index (κ1) is 23.3. The minimum Gasteiger partial charge on any atom is -0.422 e. The molecule has 0 aliphatic carbocycles. The Morgan fingerprint density at radius 3 is 2.58 bits per heavy atom. The third-order valence-corrected chi connectivity index (χ3v) is 6.75. The second-order valence-electron chi connectivity index (χ2n) is 7.25. The molecule has 8 heteroatoms. The Kier molecular flexibility index (Phi) is 7.02. The average molecular weight is 543 g/mol. The summed E-state index contributed by atoms with van der Waals surface area (Å²) in [6.45, 7) is 2.13. The number of ether oxygens (including phenoxy) is 1. The van der Waals surface area contributed by atoms with E-state index in [1.54, 1.807) is 48.5 Å². The van der Waals surface area contributed by atoms with Crippen molar-refractivity contribution in [2.24, 2.45) is 0 Å². The quantitative estimate of drug-likeness (QED) is 0.200. The molecule has 5 nitrogen and oxygen atoms in total. The second-order valence-corrected chi connectivity index (χ2v) is 9.56. The molecule has 0 N–H and O–H groups in total. The molecule has 1 aliphatic rings. The molecule has 0 bridgehead atoms. The van der Waals surface area contributed by atoms with E-state index in [4.69, 9.17) is 16.3 Å². The van der Waals surface area contributed by atoms with Gasteiger partial charge in [0.25, 0.3) is 11.1 Å². The first-order valence-electron chi connectivity index (χ1n) is 9.89. The second kappa shape index (κ2) is 9.95. The van der Waals surface area contributed by atoms with E-state index in [2.05, 4.69) is 15.9 Å². The van der Waals surface area contributed by atoms with Gasteiger partial charge in [0.05, 0.1) is 22.0 Å². The monoisotopic (exact) mass is 541 g/mol. The van der Waals surface area contributed by atoms with Gasteiger partial charge in [-0.2, -0.15) is 0 Å². The van der Waals surface area contributed by atoms with Crippen molar-refractivity contribution < 1.29 is 19.1 Å². The fourth-order valence-electron chi connectivity index (χ4n) is 3.24. The highest BCUT2D eigenvalue weighted by molar-refractivity contribution is 9.10. The Balaban J connectivity index is 1.61. The molecule has 1 fully saturated rings. The van der Waals surface area contributed by atoms with Crippen LogP contribution in [0.1, 0.15) is 27.0 Å². The van der Waals surface area contributed by atoms with Gasteiger partial charge in [0.2, 0.25) is 0 Å². The van der Waals surface area contributed by atoms with Crippen LogP contribution in [-0.2, 0) is 11.3 Å². The Morgan fingerprint density at radius 2 is 1.82 bits per heavy atom. The number of aryl methyl sites for hydroxylation is 1. The molecule has 33 heavy (non-hydrogen) atoms. The first-order valence-corrected chi connectivity index (χ1v) is 11.9. The Morgan fingerprint density at radius 1 is 1.09 bits per heavy atom. The van der Waals surface area contributed by atoms with Crippen LogP contribution in [0.3, 0.4) is 0 Å². The van der Waals surface area contributed by atoms with Crippen LogP contribution in [0.25, 0.3) is 6.08 Å². The highest BCUT2D eigenvalue weighted by atomic mass is 79.9.